The van der Waals surface area contributed by atoms with Crippen molar-refractivity contribution >= 4 is 5.91 Å². The molecule has 0 aromatic heterocycles. The molecule has 2 aliphatic rings. The first-order valence-electron chi connectivity index (χ1n) is 7.60. The molecule has 0 unspecified atom stereocenters. The summed E-state index contributed by atoms with van der Waals surface area (Å²) in [5, 5.41) is 0. The molecular weight excluding hydrogens is 224 g/mol. The molecule has 0 bridgehead atoms. The van der Waals surface area contributed by atoms with E-state index >= 15 is 0 Å². The highest BCUT2D eigenvalue weighted by Gasteiger charge is 2.44. The van der Waals surface area contributed by atoms with E-state index in [-0.39, 0.29) is 5.41 Å². The molecule has 0 radical (unpaired) electrons. The van der Waals surface area contributed by atoms with E-state index in [1.54, 1.807) is 0 Å². The summed E-state index contributed by atoms with van der Waals surface area (Å²) in [7, 11) is 0. The van der Waals surface area contributed by atoms with Crippen LogP contribution in [0.25, 0.3) is 0 Å². The van der Waals surface area contributed by atoms with Gasteiger partial charge in [0.25, 0.3) is 0 Å². The molecule has 0 heterocycles. The Kier molecular flexibility index (Phi) is 4.31. The Morgan fingerprint density at radius 2 is 1.89 bits per heavy atom. The van der Waals surface area contributed by atoms with E-state index in [2.05, 4.69) is 18.7 Å². The van der Waals surface area contributed by atoms with Crippen LogP contribution < -0.4 is 5.73 Å². The number of rotatable bonds is 5. The highest BCUT2D eigenvalue weighted by Crippen LogP contribution is 2.40. The van der Waals surface area contributed by atoms with Crippen LogP contribution in [0.15, 0.2) is 0 Å². The molecule has 3 nitrogen and oxygen atoms in total. The van der Waals surface area contributed by atoms with Gasteiger partial charge in [-0.3, -0.25) is 4.79 Å². The number of hydrogen-bond donors (Lipinski definition) is 1. The zero-order chi connectivity index (χ0) is 13.2. The highest BCUT2D eigenvalue weighted by molar-refractivity contribution is 5.83. The number of carbonyl (C=O) groups excluding carboxylic acids is 1. The van der Waals surface area contributed by atoms with Crippen LogP contribution in [0.2, 0.25) is 0 Å². The lowest BCUT2D eigenvalue weighted by molar-refractivity contribution is -0.144. The summed E-state index contributed by atoms with van der Waals surface area (Å²) >= 11 is 0. The van der Waals surface area contributed by atoms with E-state index in [9.17, 15) is 4.79 Å². The summed E-state index contributed by atoms with van der Waals surface area (Å²) in [4.78, 5) is 15.1. The molecule has 0 saturated heterocycles. The first-order chi connectivity index (χ1) is 8.59. The van der Waals surface area contributed by atoms with Crippen molar-refractivity contribution in [3.05, 3.63) is 0 Å². The Bertz CT molecular complexity index is 291. The van der Waals surface area contributed by atoms with Gasteiger partial charge >= 0.3 is 0 Å². The molecule has 0 atom stereocenters. The molecule has 18 heavy (non-hydrogen) atoms. The lowest BCUT2D eigenvalue weighted by Crippen LogP contribution is -2.50. The summed E-state index contributed by atoms with van der Waals surface area (Å²) in [5.74, 6) is 0.911. The molecule has 2 aliphatic carbocycles. The van der Waals surface area contributed by atoms with E-state index < -0.39 is 0 Å². The highest BCUT2D eigenvalue weighted by atomic mass is 16.2. The summed E-state index contributed by atoms with van der Waals surface area (Å²) in [6.45, 7) is 5.83. The molecule has 3 heteroatoms. The Labute approximate surface area is 111 Å². The summed E-state index contributed by atoms with van der Waals surface area (Å²) < 4.78 is 0. The van der Waals surface area contributed by atoms with Crippen molar-refractivity contribution < 1.29 is 4.79 Å². The minimum absolute atomic E-state index is 0.226. The average Bonchev–Trinajstić information content (AvgIpc) is 3.20. The maximum Gasteiger partial charge on any atom is 0.230 e. The fourth-order valence-electron chi connectivity index (χ4n) is 3.22. The molecule has 0 aliphatic heterocycles. The van der Waals surface area contributed by atoms with Gasteiger partial charge in [0, 0.05) is 19.1 Å². The van der Waals surface area contributed by atoms with Crippen molar-refractivity contribution in [3.8, 4) is 0 Å². The Balaban J connectivity index is 2.09. The Hall–Kier alpha value is -0.570. The van der Waals surface area contributed by atoms with Gasteiger partial charge < -0.3 is 10.6 Å². The summed E-state index contributed by atoms with van der Waals surface area (Å²) in [6, 6.07) is 0.519. The SMILES string of the molecule is CC(C)CN(C(=O)C1(CN)CCCCC1)C1CC1. The lowest BCUT2D eigenvalue weighted by atomic mass is 9.73. The smallest absolute Gasteiger partial charge is 0.230 e. The fraction of sp³-hybridized carbons (Fsp3) is 0.933. The molecule has 2 N–H and O–H groups in total. The number of carbonyl (C=O) groups is 1. The molecular formula is C15H28N2O. The Morgan fingerprint density at radius 3 is 2.33 bits per heavy atom. The minimum atomic E-state index is -0.226. The third kappa shape index (κ3) is 2.87. The topological polar surface area (TPSA) is 46.3 Å². The van der Waals surface area contributed by atoms with Crippen molar-refractivity contribution in [1.82, 2.24) is 4.90 Å². The quantitative estimate of drug-likeness (QED) is 0.817. The van der Waals surface area contributed by atoms with Gasteiger partial charge in [0.05, 0.1) is 5.41 Å². The monoisotopic (exact) mass is 252 g/mol. The van der Waals surface area contributed by atoms with Crippen LogP contribution in [0.3, 0.4) is 0 Å². The van der Waals surface area contributed by atoms with E-state index in [0.717, 1.165) is 19.4 Å². The van der Waals surface area contributed by atoms with Crippen LogP contribution in [0.1, 0.15) is 58.8 Å². The molecule has 104 valence electrons. The molecule has 2 fully saturated rings. The molecule has 1 amide bonds. The van der Waals surface area contributed by atoms with Gasteiger partial charge in [0.2, 0.25) is 5.91 Å². The van der Waals surface area contributed by atoms with Crippen molar-refractivity contribution in [2.24, 2.45) is 17.1 Å². The number of amides is 1. The lowest BCUT2D eigenvalue weighted by Gasteiger charge is -2.39. The predicted molar refractivity (Wildman–Crippen MR) is 74.1 cm³/mol. The van der Waals surface area contributed by atoms with Crippen molar-refractivity contribution in [2.45, 2.75) is 64.8 Å². The van der Waals surface area contributed by atoms with Gasteiger partial charge in [-0.05, 0) is 31.6 Å². The second-order valence-corrected chi connectivity index (χ2v) is 6.63. The van der Waals surface area contributed by atoms with E-state index in [0.29, 0.717) is 24.4 Å². The maximum atomic E-state index is 12.9. The third-order valence-corrected chi connectivity index (χ3v) is 4.47. The zero-order valence-electron chi connectivity index (χ0n) is 12.0. The van der Waals surface area contributed by atoms with Crippen LogP contribution in [0.4, 0.5) is 0 Å². The number of hydrogen-bond acceptors (Lipinski definition) is 2. The standard InChI is InChI=1S/C15H28N2O/c1-12(2)10-17(13-6-7-13)14(18)15(11-16)8-4-3-5-9-15/h12-13H,3-11,16H2,1-2H3. The van der Waals surface area contributed by atoms with Crippen molar-refractivity contribution in [1.29, 1.82) is 0 Å². The van der Waals surface area contributed by atoms with Crippen molar-refractivity contribution in [2.75, 3.05) is 13.1 Å². The largest absolute Gasteiger partial charge is 0.339 e. The van der Waals surface area contributed by atoms with Crippen LogP contribution >= 0.6 is 0 Å². The van der Waals surface area contributed by atoms with Crippen LogP contribution in [-0.4, -0.2) is 29.9 Å². The van der Waals surface area contributed by atoms with E-state index in [4.69, 9.17) is 5.73 Å². The molecule has 2 saturated carbocycles. The first kappa shape index (κ1) is 13.9. The Morgan fingerprint density at radius 1 is 1.28 bits per heavy atom. The number of nitrogens with two attached hydrogens (primary N) is 1. The van der Waals surface area contributed by atoms with Gasteiger partial charge in [0.1, 0.15) is 0 Å². The summed E-state index contributed by atoms with van der Waals surface area (Å²) in [6.07, 6.45) is 8.00. The fourth-order valence-corrected chi connectivity index (χ4v) is 3.22. The molecule has 2 rings (SSSR count). The second kappa shape index (κ2) is 5.60. The van der Waals surface area contributed by atoms with E-state index in [1.807, 2.05) is 0 Å². The number of nitrogens with zero attached hydrogens (tertiary/aromatic N) is 1. The van der Waals surface area contributed by atoms with Gasteiger partial charge in [-0.25, -0.2) is 0 Å². The van der Waals surface area contributed by atoms with Gasteiger partial charge in [-0.2, -0.15) is 0 Å². The van der Waals surface area contributed by atoms with E-state index in [1.165, 1.54) is 32.1 Å². The third-order valence-electron chi connectivity index (χ3n) is 4.47. The van der Waals surface area contributed by atoms with Gasteiger partial charge in [-0.1, -0.05) is 33.1 Å². The normalized spacial score (nSPS) is 23.1. The van der Waals surface area contributed by atoms with Gasteiger partial charge in [0.15, 0.2) is 0 Å². The zero-order valence-corrected chi connectivity index (χ0v) is 12.0. The summed E-state index contributed by atoms with van der Waals surface area (Å²) in [5.41, 5.74) is 5.75. The second-order valence-electron chi connectivity index (χ2n) is 6.63. The predicted octanol–water partition coefficient (Wildman–Crippen LogP) is 2.54. The molecule has 0 spiro atoms. The van der Waals surface area contributed by atoms with Gasteiger partial charge in [-0.15, -0.1) is 0 Å². The van der Waals surface area contributed by atoms with Crippen LogP contribution in [0, 0.1) is 11.3 Å². The first-order valence-corrected chi connectivity index (χ1v) is 7.60. The average molecular weight is 252 g/mol. The van der Waals surface area contributed by atoms with Crippen LogP contribution in [0.5, 0.6) is 0 Å². The molecule has 0 aromatic carbocycles. The van der Waals surface area contributed by atoms with Crippen LogP contribution in [-0.2, 0) is 4.79 Å². The van der Waals surface area contributed by atoms with Crippen molar-refractivity contribution in [3.63, 3.8) is 0 Å². The maximum absolute atomic E-state index is 12.9. The molecule has 0 aromatic rings. The minimum Gasteiger partial charge on any atom is -0.339 e.